The number of likely N-dealkylation sites (tertiary alicyclic amines) is 1. The zero-order valence-electron chi connectivity index (χ0n) is 9.71. The second kappa shape index (κ2) is 3.86. The topological polar surface area (TPSA) is 57.6 Å². The predicted octanol–water partition coefficient (Wildman–Crippen LogP) is 1.13. The first-order valence-corrected chi connectivity index (χ1v) is 6.38. The minimum Gasteiger partial charge on any atom is -0.481 e. The third-order valence-electron chi connectivity index (χ3n) is 4.45. The summed E-state index contributed by atoms with van der Waals surface area (Å²) >= 11 is 0. The number of aliphatic carboxylic acids is 1. The Labute approximate surface area is 100 Å². The van der Waals surface area contributed by atoms with Crippen LogP contribution in [0.15, 0.2) is 12.2 Å². The maximum atomic E-state index is 12.4. The Balaban J connectivity index is 1.83. The van der Waals surface area contributed by atoms with Crippen LogP contribution in [-0.4, -0.2) is 35.0 Å². The van der Waals surface area contributed by atoms with Crippen molar-refractivity contribution in [1.82, 2.24) is 4.90 Å². The molecule has 0 aromatic carbocycles. The van der Waals surface area contributed by atoms with Crippen molar-refractivity contribution in [2.75, 3.05) is 13.1 Å². The second-order valence-electron chi connectivity index (χ2n) is 5.37. The van der Waals surface area contributed by atoms with E-state index < -0.39 is 11.9 Å². The highest BCUT2D eigenvalue weighted by molar-refractivity contribution is 5.87. The fourth-order valence-electron chi connectivity index (χ4n) is 3.64. The summed E-state index contributed by atoms with van der Waals surface area (Å²) in [6.07, 6.45) is 6.99. The molecule has 2 fully saturated rings. The van der Waals surface area contributed by atoms with Gasteiger partial charge in [-0.3, -0.25) is 9.59 Å². The highest BCUT2D eigenvalue weighted by atomic mass is 16.4. The number of carbonyl (C=O) groups excluding carboxylic acids is 1. The number of hydrogen-bond acceptors (Lipinski definition) is 2. The fraction of sp³-hybridized carbons (Fsp3) is 0.692. The first kappa shape index (κ1) is 10.8. The maximum absolute atomic E-state index is 12.4. The van der Waals surface area contributed by atoms with Crippen LogP contribution in [0.4, 0.5) is 0 Å². The normalized spacial score (nSPS) is 38.9. The quantitative estimate of drug-likeness (QED) is 0.730. The number of rotatable bonds is 2. The summed E-state index contributed by atoms with van der Waals surface area (Å²) < 4.78 is 0. The summed E-state index contributed by atoms with van der Waals surface area (Å²) in [7, 11) is 0. The number of fused-ring (bicyclic) bond motifs is 2. The van der Waals surface area contributed by atoms with E-state index in [4.69, 9.17) is 0 Å². The first-order chi connectivity index (χ1) is 8.18. The van der Waals surface area contributed by atoms with Gasteiger partial charge in [0.05, 0.1) is 11.8 Å². The molecule has 3 aliphatic rings. The highest BCUT2D eigenvalue weighted by Crippen LogP contribution is 2.48. The number of hydrogen-bond donors (Lipinski definition) is 1. The lowest BCUT2D eigenvalue weighted by molar-refractivity contribution is -0.150. The molecule has 2 aliphatic carbocycles. The predicted molar refractivity (Wildman–Crippen MR) is 61.2 cm³/mol. The molecule has 4 heteroatoms. The molecule has 0 spiro atoms. The molecular formula is C13H17NO3. The van der Waals surface area contributed by atoms with Gasteiger partial charge in [-0.1, -0.05) is 12.2 Å². The van der Waals surface area contributed by atoms with Crippen molar-refractivity contribution < 1.29 is 14.7 Å². The number of carboxylic acids is 1. The maximum Gasteiger partial charge on any atom is 0.307 e. The first-order valence-electron chi connectivity index (χ1n) is 6.38. The Bertz CT molecular complexity index is 384. The van der Waals surface area contributed by atoms with Gasteiger partial charge in [-0.15, -0.1) is 0 Å². The van der Waals surface area contributed by atoms with Gasteiger partial charge >= 0.3 is 5.97 Å². The molecule has 1 amide bonds. The number of allylic oxidation sites excluding steroid dienone is 2. The summed E-state index contributed by atoms with van der Waals surface area (Å²) in [5.74, 6) is -1.28. The molecular weight excluding hydrogens is 218 g/mol. The monoisotopic (exact) mass is 235 g/mol. The van der Waals surface area contributed by atoms with Crippen molar-refractivity contribution >= 4 is 11.9 Å². The van der Waals surface area contributed by atoms with Crippen LogP contribution in [0.3, 0.4) is 0 Å². The lowest BCUT2D eigenvalue weighted by Gasteiger charge is -2.28. The van der Waals surface area contributed by atoms with Crippen LogP contribution in [0.25, 0.3) is 0 Å². The molecule has 4 atom stereocenters. The van der Waals surface area contributed by atoms with Crippen LogP contribution in [0, 0.1) is 23.7 Å². The van der Waals surface area contributed by atoms with Crippen LogP contribution in [0.1, 0.15) is 19.3 Å². The zero-order valence-corrected chi connectivity index (χ0v) is 9.71. The second-order valence-corrected chi connectivity index (χ2v) is 5.37. The van der Waals surface area contributed by atoms with Crippen molar-refractivity contribution in [3.05, 3.63) is 12.2 Å². The van der Waals surface area contributed by atoms with Crippen molar-refractivity contribution in [3.8, 4) is 0 Å². The summed E-state index contributed by atoms with van der Waals surface area (Å²) in [5, 5.41) is 9.29. The van der Waals surface area contributed by atoms with Gasteiger partial charge in [-0.25, -0.2) is 0 Å². The average Bonchev–Trinajstić information content (AvgIpc) is 3.02. The summed E-state index contributed by atoms with van der Waals surface area (Å²) in [6, 6.07) is 0. The molecule has 1 saturated carbocycles. The van der Waals surface area contributed by atoms with Crippen LogP contribution >= 0.6 is 0 Å². The molecule has 2 bridgehead atoms. The number of nitrogens with zero attached hydrogens (tertiary/aromatic N) is 1. The van der Waals surface area contributed by atoms with E-state index in [1.54, 1.807) is 0 Å². The Kier molecular flexibility index (Phi) is 2.45. The third-order valence-corrected chi connectivity index (χ3v) is 4.45. The van der Waals surface area contributed by atoms with Gasteiger partial charge in [0, 0.05) is 13.1 Å². The minimum absolute atomic E-state index is 0.0757. The van der Waals surface area contributed by atoms with E-state index in [0.717, 1.165) is 32.4 Å². The molecule has 0 unspecified atom stereocenters. The number of amides is 1. The lowest BCUT2D eigenvalue weighted by atomic mass is 9.82. The standard InChI is InChI=1S/C13H17NO3/c15-12(14-5-1-2-6-14)10-8-3-4-9(7-8)11(10)13(16)17/h3-4,8-11H,1-2,5-7H2,(H,16,17)/t8-,9+,10-,11-/m0/s1. The summed E-state index contributed by atoms with van der Waals surface area (Å²) in [4.78, 5) is 25.6. The lowest BCUT2D eigenvalue weighted by Crippen LogP contribution is -2.41. The smallest absolute Gasteiger partial charge is 0.307 e. The Morgan fingerprint density at radius 2 is 1.65 bits per heavy atom. The third kappa shape index (κ3) is 1.58. The molecule has 1 aliphatic heterocycles. The van der Waals surface area contributed by atoms with E-state index >= 15 is 0 Å². The zero-order chi connectivity index (χ0) is 12.0. The van der Waals surface area contributed by atoms with E-state index in [1.807, 2.05) is 17.1 Å². The number of carboxylic acid groups (broad SMARTS) is 1. The average molecular weight is 235 g/mol. The van der Waals surface area contributed by atoms with E-state index in [-0.39, 0.29) is 23.7 Å². The molecule has 17 heavy (non-hydrogen) atoms. The molecule has 0 aromatic rings. The number of carbonyl (C=O) groups is 2. The highest BCUT2D eigenvalue weighted by Gasteiger charge is 2.52. The van der Waals surface area contributed by atoms with Gasteiger partial charge in [0.15, 0.2) is 0 Å². The van der Waals surface area contributed by atoms with Gasteiger partial charge in [0.25, 0.3) is 0 Å². The van der Waals surface area contributed by atoms with Crippen molar-refractivity contribution in [2.24, 2.45) is 23.7 Å². The van der Waals surface area contributed by atoms with E-state index in [2.05, 4.69) is 0 Å². The van der Waals surface area contributed by atoms with Crippen LogP contribution in [0.2, 0.25) is 0 Å². The van der Waals surface area contributed by atoms with E-state index in [9.17, 15) is 14.7 Å². The molecule has 1 saturated heterocycles. The van der Waals surface area contributed by atoms with Crippen LogP contribution < -0.4 is 0 Å². The van der Waals surface area contributed by atoms with Crippen LogP contribution in [0.5, 0.6) is 0 Å². The van der Waals surface area contributed by atoms with Gasteiger partial charge in [0.1, 0.15) is 0 Å². The molecule has 0 aromatic heterocycles. The fourth-order valence-corrected chi connectivity index (χ4v) is 3.64. The largest absolute Gasteiger partial charge is 0.481 e. The Morgan fingerprint density at radius 1 is 1.06 bits per heavy atom. The molecule has 3 rings (SSSR count). The van der Waals surface area contributed by atoms with Gasteiger partial charge < -0.3 is 10.0 Å². The van der Waals surface area contributed by atoms with Crippen LogP contribution in [-0.2, 0) is 9.59 Å². The molecule has 0 radical (unpaired) electrons. The van der Waals surface area contributed by atoms with Gasteiger partial charge in [-0.2, -0.15) is 0 Å². The van der Waals surface area contributed by atoms with Crippen molar-refractivity contribution in [2.45, 2.75) is 19.3 Å². The Hall–Kier alpha value is -1.32. The van der Waals surface area contributed by atoms with Gasteiger partial charge in [0.2, 0.25) is 5.91 Å². The minimum atomic E-state index is -0.806. The summed E-state index contributed by atoms with van der Waals surface area (Å²) in [6.45, 7) is 1.62. The molecule has 4 nitrogen and oxygen atoms in total. The SMILES string of the molecule is O=C(O)[C@@H]1[C@@H](C(=O)N2CCCC2)[C@H]2C=C[C@@H]1C2. The van der Waals surface area contributed by atoms with Gasteiger partial charge in [-0.05, 0) is 31.1 Å². The van der Waals surface area contributed by atoms with E-state index in [1.165, 1.54) is 0 Å². The molecule has 1 N–H and O–H groups in total. The van der Waals surface area contributed by atoms with E-state index in [0.29, 0.717) is 0 Å². The molecule has 92 valence electrons. The van der Waals surface area contributed by atoms with Crippen molar-refractivity contribution in [3.63, 3.8) is 0 Å². The van der Waals surface area contributed by atoms with Crippen molar-refractivity contribution in [1.29, 1.82) is 0 Å². The Morgan fingerprint density at radius 3 is 2.24 bits per heavy atom. The molecule has 1 heterocycles. The summed E-state index contributed by atoms with van der Waals surface area (Å²) in [5.41, 5.74) is 0.